The fourth-order valence-electron chi connectivity index (χ4n) is 1.63. The maximum absolute atomic E-state index is 12.3. The van der Waals surface area contributed by atoms with Crippen molar-refractivity contribution < 1.29 is 9.59 Å². The van der Waals surface area contributed by atoms with Crippen LogP contribution in [-0.2, 0) is 4.79 Å². The average molecular weight is 284 g/mol. The van der Waals surface area contributed by atoms with Crippen LogP contribution in [0.2, 0.25) is 0 Å². The SMILES string of the molecule is CCN(CC(=O)NC(C)C)C(=O)c1sc(N)nc1C. The van der Waals surface area contributed by atoms with Gasteiger partial charge in [0.15, 0.2) is 5.13 Å². The molecule has 2 amide bonds. The Morgan fingerprint density at radius 1 is 1.47 bits per heavy atom. The molecule has 0 saturated carbocycles. The lowest BCUT2D eigenvalue weighted by atomic mass is 10.3. The molecule has 0 spiro atoms. The van der Waals surface area contributed by atoms with Crippen LogP contribution in [0, 0.1) is 6.92 Å². The zero-order chi connectivity index (χ0) is 14.6. The molecule has 0 aromatic carbocycles. The van der Waals surface area contributed by atoms with Gasteiger partial charge in [-0.15, -0.1) is 0 Å². The number of carbonyl (C=O) groups excluding carboxylic acids is 2. The standard InChI is InChI=1S/C12H20N4O2S/c1-5-16(6-9(17)14-7(2)3)11(18)10-8(4)15-12(13)19-10/h7H,5-6H2,1-4H3,(H2,13,15)(H,14,17). The summed E-state index contributed by atoms with van der Waals surface area (Å²) in [7, 11) is 0. The van der Waals surface area contributed by atoms with Crippen molar-refractivity contribution in [2.24, 2.45) is 0 Å². The minimum absolute atomic E-state index is 0.0464. The average Bonchev–Trinajstić information content (AvgIpc) is 2.63. The van der Waals surface area contributed by atoms with E-state index in [-0.39, 0.29) is 24.4 Å². The van der Waals surface area contributed by atoms with Gasteiger partial charge >= 0.3 is 0 Å². The molecular weight excluding hydrogens is 264 g/mol. The molecule has 0 saturated heterocycles. The topological polar surface area (TPSA) is 88.3 Å². The Hall–Kier alpha value is -1.63. The van der Waals surface area contributed by atoms with E-state index in [2.05, 4.69) is 10.3 Å². The number of nitrogens with two attached hydrogens (primary N) is 1. The smallest absolute Gasteiger partial charge is 0.266 e. The quantitative estimate of drug-likeness (QED) is 0.845. The Morgan fingerprint density at radius 3 is 2.53 bits per heavy atom. The molecular formula is C12H20N4O2S. The Bertz CT molecular complexity index is 470. The van der Waals surface area contributed by atoms with Gasteiger partial charge in [0.2, 0.25) is 5.91 Å². The van der Waals surface area contributed by atoms with Gasteiger partial charge in [-0.3, -0.25) is 9.59 Å². The fraction of sp³-hybridized carbons (Fsp3) is 0.583. The summed E-state index contributed by atoms with van der Waals surface area (Å²) < 4.78 is 0. The predicted molar refractivity (Wildman–Crippen MR) is 76.1 cm³/mol. The van der Waals surface area contributed by atoms with Gasteiger partial charge in [0.05, 0.1) is 12.2 Å². The van der Waals surface area contributed by atoms with E-state index in [1.807, 2.05) is 20.8 Å². The van der Waals surface area contributed by atoms with E-state index in [1.54, 1.807) is 6.92 Å². The van der Waals surface area contributed by atoms with Gasteiger partial charge in [0.25, 0.3) is 5.91 Å². The second-order valence-electron chi connectivity index (χ2n) is 4.51. The van der Waals surface area contributed by atoms with E-state index >= 15 is 0 Å². The lowest BCUT2D eigenvalue weighted by molar-refractivity contribution is -0.122. The highest BCUT2D eigenvalue weighted by molar-refractivity contribution is 7.17. The van der Waals surface area contributed by atoms with Crippen LogP contribution >= 0.6 is 11.3 Å². The van der Waals surface area contributed by atoms with Crippen LogP contribution in [-0.4, -0.2) is 40.8 Å². The van der Waals surface area contributed by atoms with Crippen molar-refractivity contribution in [3.8, 4) is 0 Å². The number of thiazole rings is 1. The number of rotatable bonds is 5. The third-order valence-electron chi connectivity index (χ3n) is 2.46. The molecule has 19 heavy (non-hydrogen) atoms. The highest BCUT2D eigenvalue weighted by atomic mass is 32.1. The molecule has 106 valence electrons. The largest absolute Gasteiger partial charge is 0.375 e. The van der Waals surface area contributed by atoms with Crippen LogP contribution in [0.5, 0.6) is 0 Å². The van der Waals surface area contributed by atoms with E-state index < -0.39 is 0 Å². The summed E-state index contributed by atoms with van der Waals surface area (Å²) in [5.74, 6) is -0.367. The Balaban J connectivity index is 2.77. The molecule has 1 heterocycles. The molecule has 0 unspecified atom stereocenters. The zero-order valence-electron chi connectivity index (χ0n) is 11.7. The number of nitrogen functional groups attached to an aromatic ring is 1. The van der Waals surface area contributed by atoms with Gasteiger partial charge < -0.3 is 16.0 Å². The van der Waals surface area contributed by atoms with Crippen molar-refractivity contribution in [3.05, 3.63) is 10.6 Å². The molecule has 1 aromatic heterocycles. The molecule has 0 fully saturated rings. The van der Waals surface area contributed by atoms with Crippen LogP contribution in [0.4, 0.5) is 5.13 Å². The van der Waals surface area contributed by atoms with Gasteiger partial charge in [-0.25, -0.2) is 4.98 Å². The number of carbonyl (C=O) groups is 2. The summed E-state index contributed by atoms with van der Waals surface area (Å²) >= 11 is 1.15. The number of nitrogens with one attached hydrogen (secondary N) is 1. The van der Waals surface area contributed by atoms with Crippen molar-refractivity contribution in [3.63, 3.8) is 0 Å². The second kappa shape index (κ2) is 6.51. The Morgan fingerprint density at radius 2 is 2.11 bits per heavy atom. The third-order valence-corrected chi connectivity index (χ3v) is 3.44. The minimum atomic E-state index is -0.201. The first kappa shape index (κ1) is 15.4. The first-order chi connectivity index (χ1) is 8.85. The predicted octanol–water partition coefficient (Wildman–Crippen LogP) is 1.02. The van der Waals surface area contributed by atoms with Gasteiger partial charge in [0, 0.05) is 12.6 Å². The number of amides is 2. The van der Waals surface area contributed by atoms with Crippen LogP contribution in [0.1, 0.15) is 36.1 Å². The van der Waals surface area contributed by atoms with E-state index in [0.29, 0.717) is 22.2 Å². The summed E-state index contributed by atoms with van der Waals surface area (Å²) in [6.07, 6.45) is 0. The van der Waals surface area contributed by atoms with Gasteiger partial charge in [-0.05, 0) is 27.7 Å². The molecule has 0 aliphatic heterocycles. The molecule has 1 rings (SSSR count). The van der Waals surface area contributed by atoms with E-state index in [4.69, 9.17) is 5.73 Å². The first-order valence-electron chi connectivity index (χ1n) is 6.16. The van der Waals surface area contributed by atoms with Crippen molar-refractivity contribution in [1.29, 1.82) is 0 Å². The molecule has 6 nitrogen and oxygen atoms in total. The van der Waals surface area contributed by atoms with Gasteiger partial charge in [-0.2, -0.15) is 0 Å². The molecule has 0 aliphatic rings. The normalized spacial score (nSPS) is 10.6. The summed E-state index contributed by atoms with van der Waals surface area (Å²) in [5, 5.41) is 3.13. The van der Waals surface area contributed by atoms with Crippen LogP contribution < -0.4 is 11.1 Å². The second-order valence-corrected chi connectivity index (χ2v) is 5.54. The number of aromatic nitrogens is 1. The first-order valence-corrected chi connectivity index (χ1v) is 6.98. The molecule has 7 heteroatoms. The summed E-state index contributed by atoms with van der Waals surface area (Å²) in [4.78, 5) is 30.0. The van der Waals surface area contributed by atoms with Gasteiger partial charge in [0.1, 0.15) is 4.88 Å². The molecule has 1 aromatic rings. The van der Waals surface area contributed by atoms with Crippen molar-refractivity contribution in [2.75, 3.05) is 18.8 Å². The maximum atomic E-state index is 12.3. The van der Waals surface area contributed by atoms with E-state index in [1.165, 1.54) is 4.90 Å². The third kappa shape index (κ3) is 4.20. The molecule has 0 aliphatic carbocycles. The molecule has 0 radical (unpaired) electrons. The monoisotopic (exact) mass is 284 g/mol. The highest BCUT2D eigenvalue weighted by Crippen LogP contribution is 2.21. The van der Waals surface area contributed by atoms with Crippen molar-refractivity contribution in [1.82, 2.24) is 15.2 Å². The molecule has 0 bridgehead atoms. The van der Waals surface area contributed by atoms with Crippen molar-refractivity contribution in [2.45, 2.75) is 33.7 Å². The molecule has 3 N–H and O–H groups in total. The van der Waals surface area contributed by atoms with E-state index in [0.717, 1.165) is 11.3 Å². The number of hydrogen-bond acceptors (Lipinski definition) is 5. The maximum Gasteiger partial charge on any atom is 0.266 e. The summed E-state index contributed by atoms with van der Waals surface area (Å²) in [5.41, 5.74) is 6.19. The van der Waals surface area contributed by atoms with Crippen LogP contribution in [0.3, 0.4) is 0 Å². The Kier molecular flexibility index (Phi) is 5.29. The number of aryl methyl sites for hydroxylation is 1. The summed E-state index contributed by atoms with van der Waals surface area (Å²) in [6, 6.07) is 0.0575. The fourth-order valence-corrected chi connectivity index (χ4v) is 2.43. The van der Waals surface area contributed by atoms with Crippen LogP contribution in [0.25, 0.3) is 0 Å². The minimum Gasteiger partial charge on any atom is -0.375 e. The van der Waals surface area contributed by atoms with Crippen molar-refractivity contribution >= 4 is 28.3 Å². The van der Waals surface area contributed by atoms with Gasteiger partial charge in [-0.1, -0.05) is 11.3 Å². The molecule has 0 atom stereocenters. The lowest BCUT2D eigenvalue weighted by Crippen LogP contribution is -2.42. The van der Waals surface area contributed by atoms with E-state index in [9.17, 15) is 9.59 Å². The number of likely N-dealkylation sites (N-methyl/N-ethyl adjacent to an activating group) is 1. The highest BCUT2D eigenvalue weighted by Gasteiger charge is 2.22. The number of anilines is 1. The zero-order valence-corrected chi connectivity index (χ0v) is 12.5. The van der Waals surface area contributed by atoms with Crippen LogP contribution in [0.15, 0.2) is 0 Å². The summed E-state index contributed by atoms with van der Waals surface area (Å²) in [6.45, 7) is 7.84. The Labute approximate surface area is 117 Å². The lowest BCUT2D eigenvalue weighted by Gasteiger charge is -2.20. The number of nitrogens with zero attached hydrogens (tertiary/aromatic N) is 2. The number of hydrogen-bond donors (Lipinski definition) is 2.